The predicted molar refractivity (Wildman–Crippen MR) is 114 cm³/mol. The molecule has 0 amide bonds. The lowest BCUT2D eigenvalue weighted by atomic mass is 9.91. The molecule has 0 unspecified atom stereocenters. The second kappa shape index (κ2) is 8.96. The van der Waals surface area contributed by atoms with E-state index in [1.165, 1.54) is 12.1 Å². The first kappa shape index (κ1) is 20.5. The Morgan fingerprint density at radius 3 is 2.77 bits per heavy atom. The lowest BCUT2D eigenvalue weighted by molar-refractivity contribution is 0.101. The first-order chi connectivity index (χ1) is 14.5. The molecule has 1 aliphatic heterocycles. The number of piperidine rings is 1. The molecule has 3 aromatic rings. The normalized spacial score (nSPS) is 15.6. The third-order valence-corrected chi connectivity index (χ3v) is 6.05. The van der Waals surface area contributed by atoms with Crippen molar-refractivity contribution in [2.75, 3.05) is 26.7 Å². The molecule has 0 radical (unpaired) electrons. The molecular formula is C24H27FN2O3. The van der Waals surface area contributed by atoms with Gasteiger partial charge in [0.05, 0.1) is 12.8 Å². The molecule has 0 saturated carbocycles. The maximum atomic E-state index is 13.4. The van der Waals surface area contributed by atoms with Gasteiger partial charge in [-0.3, -0.25) is 4.79 Å². The number of benzene rings is 2. The summed E-state index contributed by atoms with van der Waals surface area (Å²) in [7, 11) is 1.65. The molecule has 4 rings (SSSR count). The van der Waals surface area contributed by atoms with Gasteiger partial charge in [-0.25, -0.2) is 4.39 Å². The highest BCUT2D eigenvalue weighted by Gasteiger charge is 2.25. The Kier molecular flexibility index (Phi) is 6.13. The number of fused-ring (bicyclic) bond motifs is 1. The molecule has 1 aromatic heterocycles. The molecule has 2 heterocycles. The molecule has 2 aromatic carbocycles. The number of aryl methyl sites for hydroxylation is 1. The number of Topliss-reactive ketones (excluding diaryl/α,β-unsaturated/α-hetero) is 1. The van der Waals surface area contributed by atoms with Crippen LogP contribution in [-0.2, 0) is 6.42 Å². The summed E-state index contributed by atoms with van der Waals surface area (Å²) in [6.07, 6.45) is 4.00. The van der Waals surface area contributed by atoms with Crippen molar-refractivity contribution < 1.29 is 18.4 Å². The number of halogens is 1. The Morgan fingerprint density at radius 1 is 1.23 bits per heavy atom. The summed E-state index contributed by atoms with van der Waals surface area (Å²) < 4.78 is 24.2. The minimum absolute atomic E-state index is 0.0488. The molecule has 5 nitrogen and oxygen atoms in total. The number of ketones is 1. The fourth-order valence-electron chi connectivity index (χ4n) is 4.32. The van der Waals surface area contributed by atoms with Crippen LogP contribution in [0.3, 0.4) is 0 Å². The fraction of sp³-hybridized carbons (Fsp3) is 0.417. The van der Waals surface area contributed by atoms with Crippen molar-refractivity contribution in [1.29, 1.82) is 0 Å². The number of rotatable bonds is 7. The molecule has 6 heteroatoms. The van der Waals surface area contributed by atoms with Crippen LogP contribution in [0.25, 0.3) is 11.0 Å². The molecule has 30 heavy (non-hydrogen) atoms. The molecular weight excluding hydrogens is 383 g/mol. The van der Waals surface area contributed by atoms with Gasteiger partial charge in [-0.1, -0.05) is 17.3 Å². The van der Waals surface area contributed by atoms with E-state index in [0.29, 0.717) is 17.1 Å². The van der Waals surface area contributed by atoms with Gasteiger partial charge >= 0.3 is 0 Å². The van der Waals surface area contributed by atoms with Crippen LogP contribution in [0.1, 0.15) is 53.7 Å². The molecule has 0 aliphatic carbocycles. The number of methoxy groups -OCH3 is 1. The summed E-state index contributed by atoms with van der Waals surface area (Å²) in [4.78, 5) is 14.0. The Balaban J connectivity index is 1.30. The van der Waals surface area contributed by atoms with Gasteiger partial charge in [0.2, 0.25) is 0 Å². The molecule has 158 valence electrons. The molecule has 0 atom stereocenters. The van der Waals surface area contributed by atoms with Crippen LogP contribution in [0.5, 0.6) is 5.75 Å². The summed E-state index contributed by atoms with van der Waals surface area (Å²) in [5.74, 6) is 0.892. The van der Waals surface area contributed by atoms with Gasteiger partial charge in [0.1, 0.15) is 11.6 Å². The zero-order valence-corrected chi connectivity index (χ0v) is 17.5. The van der Waals surface area contributed by atoms with Crippen molar-refractivity contribution in [2.45, 2.75) is 38.5 Å². The maximum absolute atomic E-state index is 13.4. The lowest BCUT2D eigenvalue weighted by Crippen LogP contribution is -2.34. The largest absolute Gasteiger partial charge is 0.496 e. The fourth-order valence-corrected chi connectivity index (χ4v) is 4.32. The number of hydrogen-bond acceptors (Lipinski definition) is 5. The van der Waals surface area contributed by atoms with Gasteiger partial charge < -0.3 is 14.2 Å². The van der Waals surface area contributed by atoms with Crippen molar-refractivity contribution in [2.24, 2.45) is 0 Å². The summed E-state index contributed by atoms with van der Waals surface area (Å²) in [5, 5.41) is 5.15. The van der Waals surface area contributed by atoms with E-state index in [4.69, 9.17) is 9.26 Å². The highest BCUT2D eigenvalue weighted by atomic mass is 19.1. The topological polar surface area (TPSA) is 55.6 Å². The monoisotopic (exact) mass is 410 g/mol. The van der Waals surface area contributed by atoms with Crippen LogP contribution in [0.15, 0.2) is 40.9 Å². The smallest absolute Gasteiger partial charge is 0.170 e. The van der Waals surface area contributed by atoms with Crippen LogP contribution in [0.4, 0.5) is 4.39 Å². The number of hydrogen-bond donors (Lipinski definition) is 0. The van der Waals surface area contributed by atoms with E-state index in [9.17, 15) is 9.18 Å². The van der Waals surface area contributed by atoms with Gasteiger partial charge in [0.25, 0.3) is 0 Å². The Labute approximate surface area is 175 Å². The predicted octanol–water partition coefficient (Wildman–Crippen LogP) is 4.99. The van der Waals surface area contributed by atoms with Crippen molar-refractivity contribution in [3.8, 4) is 5.75 Å². The lowest BCUT2D eigenvalue weighted by Gasteiger charge is -2.31. The van der Waals surface area contributed by atoms with E-state index in [1.54, 1.807) is 20.1 Å². The van der Waals surface area contributed by atoms with E-state index in [1.807, 2.05) is 18.2 Å². The summed E-state index contributed by atoms with van der Waals surface area (Å²) in [5.41, 5.74) is 3.30. The number of likely N-dealkylation sites (tertiary alicyclic amines) is 1. The minimum Gasteiger partial charge on any atom is -0.496 e. The van der Waals surface area contributed by atoms with E-state index in [0.717, 1.165) is 67.7 Å². The molecule has 0 N–H and O–H groups in total. The van der Waals surface area contributed by atoms with Gasteiger partial charge in [-0.15, -0.1) is 0 Å². The highest BCUT2D eigenvalue weighted by molar-refractivity contribution is 5.94. The van der Waals surface area contributed by atoms with Crippen molar-refractivity contribution >= 4 is 16.8 Å². The van der Waals surface area contributed by atoms with Crippen LogP contribution in [-0.4, -0.2) is 42.6 Å². The van der Waals surface area contributed by atoms with Crippen LogP contribution in [0.2, 0.25) is 0 Å². The van der Waals surface area contributed by atoms with Gasteiger partial charge in [-0.05, 0) is 76.0 Å². The SMILES string of the molecule is COc1cc(C(C)=O)ccc1CCCN1CCC(c2noc3cc(F)ccc23)CC1. The summed E-state index contributed by atoms with van der Waals surface area (Å²) in [6, 6.07) is 10.3. The first-order valence-electron chi connectivity index (χ1n) is 10.5. The quantitative estimate of drug-likeness (QED) is 0.514. The standard InChI is InChI=1S/C24H27FN2O3/c1-16(28)19-6-5-17(22(14-19)29-2)4-3-11-27-12-9-18(10-13-27)24-21-8-7-20(25)15-23(21)30-26-24/h5-8,14-15,18H,3-4,9-13H2,1-2H3. The summed E-state index contributed by atoms with van der Waals surface area (Å²) in [6.45, 7) is 4.62. The van der Waals surface area contributed by atoms with E-state index >= 15 is 0 Å². The Bertz CT molecular complexity index is 1040. The average Bonchev–Trinajstić information content (AvgIpc) is 3.17. The molecule has 0 bridgehead atoms. The number of ether oxygens (including phenoxy) is 1. The summed E-state index contributed by atoms with van der Waals surface area (Å²) >= 11 is 0. The highest BCUT2D eigenvalue weighted by Crippen LogP contribution is 2.33. The molecule has 1 aliphatic rings. The number of carbonyl (C=O) groups is 1. The maximum Gasteiger partial charge on any atom is 0.170 e. The first-order valence-corrected chi connectivity index (χ1v) is 10.5. The Hall–Kier alpha value is -2.73. The molecule has 1 fully saturated rings. The zero-order chi connectivity index (χ0) is 21.1. The number of nitrogens with zero attached hydrogens (tertiary/aromatic N) is 2. The van der Waals surface area contributed by atoms with Gasteiger partial charge in [0.15, 0.2) is 11.4 Å². The van der Waals surface area contributed by atoms with E-state index in [-0.39, 0.29) is 11.6 Å². The van der Waals surface area contributed by atoms with Crippen molar-refractivity contribution in [3.63, 3.8) is 0 Å². The van der Waals surface area contributed by atoms with Crippen molar-refractivity contribution in [1.82, 2.24) is 10.1 Å². The number of aromatic nitrogens is 1. The van der Waals surface area contributed by atoms with Gasteiger partial charge in [0, 0.05) is 22.9 Å². The average molecular weight is 410 g/mol. The molecule has 0 spiro atoms. The third kappa shape index (κ3) is 4.38. The van der Waals surface area contributed by atoms with Crippen molar-refractivity contribution in [3.05, 3.63) is 59.0 Å². The number of carbonyl (C=O) groups excluding carboxylic acids is 1. The van der Waals surface area contributed by atoms with Crippen LogP contribution < -0.4 is 4.74 Å². The van der Waals surface area contributed by atoms with Crippen LogP contribution >= 0.6 is 0 Å². The third-order valence-electron chi connectivity index (χ3n) is 6.05. The minimum atomic E-state index is -0.299. The van der Waals surface area contributed by atoms with Crippen LogP contribution in [0, 0.1) is 5.82 Å². The molecule has 1 saturated heterocycles. The second-order valence-electron chi connectivity index (χ2n) is 8.01. The zero-order valence-electron chi connectivity index (χ0n) is 17.5. The van der Waals surface area contributed by atoms with E-state index < -0.39 is 0 Å². The Morgan fingerprint density at radius 2 is 2.03 bits per heavy atom. The van der Waals surface area contributed by atoms with E-state index in [2.05, 4.69) is 10.1 Å². The van der Waals surface area contributed by atoms with Gasteiger partial charge in [-0.2, -0.15) is 0 Å². The second-order valence-corrected chi connectivity index (χ2v) is 8.01.